The lowest BCUT2D eigenvalue weighted by Gasteiger charge is -2.09. The van der Waals surface area contributed by atoms with Crippen LogP contribution >= 0.6 is 15.9 Å². The average molecular weight is 276 g/mol. The van der Waals surface area contributed by atoms with Crippen LogP contribution in [0.1, 0.15) is 11.1 Å². The van der Waals surface area contributed by atoms with E-state index in [-0.39, 0.29) is 6.42 Å². The molecule has 0 radical (unpaired) electrons. The number of carboxylic acids is 1. The highest BCUT2D eigenvalue weighted by Crippen LogP contribution is 2.22. The van der Waals surface area contributed by atoms with E-state index in [2.05, 4.69) is 15.9 Å². The summed E-state index contributed by atoms with van der Waals surface area (Å²) in [7, 11) is 0. The number of carbonyl (C=O) groups is 1. The summed E-state index contributed by atoms with van der Waals surface area (Å²) in [6.45, 7) is 1.81. The van der Waals surface area contributed by atoms with Gasteiger partial charge in [-0.25, -0.2) is 4.39 Å². The summed E-state index contributed by atoms with van der Waals surface area (Å²) < 4.78 is 13.8. The summed E-state index contributed by atoms with van der Waals surface area (Å²) >= 11 is 3.06. The minimum absolute atomic E-state index is 0.0125. The Bertz CT molecular complexity index is 395. The van der Waals surface area contributed by atoms with Crippen LogP contribution in [0.15, 0.2) is 16.6 Å². The van der Waals surface area contributed by atoms with E-state index in [1.807, 2.05) is 0 Å². The summed E-state index contributed by atoms with van der Waals surface area (Å²) in [5.41, 5.74) is 6.51. The average Bonchev–Trinajstić information content (AvgIpc) is 2.13. The predicted octanol–water partition coefficient (Wildman–Crippen LogP) is 1.85. The second kappa shape index (κ2) is 4.72. The highest BCUT2D eigenvalue weighted by molar-refractivity contribution is 9.10. The van der Waals surface area contributed by atoms with E-state index in [9.17, 15) is 9.18 Å². The van der Waals surface area contributed by atoms with E-state index in [0.29, 0.717) is 10.0 Å². The number of carboxylic acid groups (broad SMARTS) is 1. The van der Waals surface area contributed by atoms with Gasteiger partial charge in [0, 0.05) is 6.42 Å². The highest BCUT2D eigenvalue weighted by Gasteiger charge is 2.16. The summed E-state index contributed by atoms with van der Waals surface area (Å²) in [5.74, 6) is -1.58. The van der Waals surface area contributed by atoms with Crippen LogP contribution in [0.3, 0.4) is 0 Å². The first-order valence-corrected chi connectivity index (χ1v) is 5.14. The largest absolute Gasteiger partial charge is 0.480 e. The fourth-order valence-electron chi connectivity index (χ4n) is 1.27. The maximum atomic E-state index is 13.5. The standard InChI is InChI=1S/C10H11BrFNO2/c1-5-2-6(4-8(13)10(14)15)9(12)7(11)3-5/h2-3,8H,4,13H2,1H3,(H,14,15). The second-order valence-corrected chi connectivity index (χ2v) is 4.22. The predicted molar refractivity (Wildman–Crippen MR) is 58.2 cm³/mol. The number of rotatable bonds is 3. The molecule has 1 aromatic rings. The van der Waals surface area contributed by atoms with E-state index in [1.54, 1.807) is 19.1 Å². The first-order valence-electron chi connectivity index (χ1n) is 4.34. The van der Waals surface area contributed by atoms with Gasteiger partial charge >= 0.3 is 5.97 Å². The molecule has 82 valence electrons. The third kappa shape index (κ3) is 3.00. The van der Waals surface area contributed by atoms with E-state index < -0.39 is 17.8 Å². The van der Waals surface area contributed by atoms with Gasteiger partial charge < -0.3 is 10.8 Å². The van der Waals surface area contributed by atoms with Gasteiger partial charge in [0.1, 0.15) is 11.9 Å². The van der Waals surface area contributed by atoms with Crippen molar-refractivity contribution in [1.82, 2.24) is 0 Å². The lowest BCUT2D eigenvalue weighted by molar-refractivity contribution is -0.138. The molecule has 0 aromatic heterocycles. The Hall–Kier alpha value is -0.940. The zero-order valence-electron chi connectivity index (χ0n) is 8.13. The lowest BCUT2D eigenvalue weighted by Crippen LogP contribution is -2.32. The van der Waals surface area contributed by atoms with Crippen LogP contribution in [-0.2, 0) is 11.2 Å². The van der Waals surface area contributed by atoms with Crippen LogP contribution in [-0.4, -0.2) is 17.1 Å². The Morgan fingerprint density at radius 1 is 1.67 bits per heavy atom. The summed E-state index contributed by atoms with van der Waals surface area (Å²) in [5, 5.41) is 8.61. The van der Waals surface area contributed by atoms with Gasteiger partial charge in [-0.05, 0) is 40.0 Å². The zero-order valence-corrected chi connectivity index (χ0v) is 9.71. The molecular formula is C10H11BrFNO2. The maximum absolute atomic E-state index is 13.5. The highest BCUT2D eigenvalue weighted by atomic mass is 79.9. The molecule has 0 saturated heterocycles. The molecule has 0 fully saturated rings. The molecule has 0 amide bonds. The van der Waals surface area contributed by atoms with E-state index in [0.717, 1.165) is 5.56 Å². The van der Waals surface area contributed by atoms with Gasteiger partial charge in [-0.1, -0.05) is 6.07 Å². The van der Waals surface area contributed by atoms with Crippen molar-refractivity contribution in [2.24, 2.45) is 5.73 Å². The molecule has 0 aliphatic carbocycles. The van der Waals surface area contributed by atoms with Crippen LogP contribution in [0.25, 0.3) is 0 Å². The van der Waals surface area contributed by atoms with Gasteiger partial charge in [-0.3, -0.25) is 4.79 Å². The van der Waals surface area contributed by atoms with Gasteiger partial charge in [0.05, 0.1) is 4.47 Å². The molecule has 0 aliphatic rings. The van der Waals surface area contributed by atoms with Crippen molar-refractivity contribution < 1.29 is 14.3 Å². The summed E-state index contributed by atoms with van der Waals surface area (Å²) in [6, 6.07) is 2.15. The van der Waals surface area contributed by atoms with Crippen molar-refractivity contribution in [3.8, 4) is 0 Å². The maximum Gasteiger partial charge on any atom is 0.320 e. The van der Waals surface area contributed by atoms with Crippen LogP contribution in [0, 0.1) is 12.7 Å². The first kappa shape index (κ1) is 12.1. The zero-order chi connectivity index (χ0) is 11.6. The van der Waals surface area contributed by atoms with Crippen molar-refractivity contribution in [1.29, 1.82) is 0 Å². The molecule has 1 unspecified atom stereocenters. The molecule has 1 aromatic carbocycles. The van der Waals surface area contributed by atoms with Gasteiger partial charge in [0.25, 0.3) is 0 Å². The Labute approximate surface area is 95.2 Å². The van der Waals surface area contributed by atoms with Gasteiger partial charge in [0.15, 0.2) is 0 Å². The Kier molecular flexibility index (Phi) is 3.82. The Morgan fingerprint density at radius 3 is 2.80 bits per heavy atom. The van der Waals surface area contributed by atoms with Crippen LogP contribution < -0.4 is 5.73 Å². The number of nitrogens with two attached hydrogens (primary N) is 1. The molecule has 0 spiro atoms. The summed E-state index contributed by atoms with van der Waals surface area (Å²) in [4.78, 5) is 10.5. The Morgan fingerprint density at radius 2 is 2.27 bits per heavy atom. The number of aliphatic carboxylic acids is 1. The van der Waals surface area contributed by atoms with Crippen molar-refractivity contribution in [2.75, 3.05) is 0 Å². The molecule has 1 atom stereocenters. The quantitative estimate of drug-likeness (QED) is 0.885. The molecule has 3 nitrogen and oxygen atoms in total. The van der Waals surface area contributed by atoms with Crippen molar-refractivity contribution in [3.05, 3.63) is 33.5 Å². The fourth-order valence-corrected chi connectivity index (χ4v) is 1.88. The molecule has 1 rings (SSSR count). The first-order chi connectivity index (χ1) is 6.91. The van der Waals surface area contributed by atoms with E-state index >= 15 is 0 Å². The number of benzene rings is 1. The van der Waals surface area contributed by atoms with Crippen LogP contribution in [0.2, 0.25) is 0 Å². The molecular weight excluding hydrogens is 265 g/mol. The lowest BCUT2D eigenvalue weighted by atomic mass is 10.0. The number of aryl methyl sites for hydroxylation is 1. The van der Waals surface area contributed by atoms with E-state index in [1.165, 1.54) is 0 Å². The van der Waals surface area contributed by atoms with Gasteiger partial charge in [-0.15, -0.1) is 0 Å². The minimum atomic E-state index is -1.13. The van der Waals surface area contributed by atoms with Gasteiger partial charge in [-0.2, -0.15) is 0 Å². The van der Waals surface area contributed by atoms with E-state index in [4.69, 9.17) is 10.8 Å². The molecule has 3 N–H and O–H groups in total. The molecule has 0 heterocycles. The minimum Gasteiger partial charge on any atom is -0.480 e. The normalized spacial score (nSPS) is 12.5. The summed E-state index contributed by atoms with van der Waals surface area (Å²) in [6.07, 6.45) is -0.0125. The molecule has 0 aliphatic heterocycles. The van der Waals surface area contributed by atoms with Crippen LogP contribution in [0.5, 0.6) is 0 Å². The fraction of sp³-hybridized carbons (Fsp3) is 0.300. The second-order valence-electron chi connectivity index (χ2n) is 3.37. The molecule has 0 saturated carbocycles. The number of hydrogen-bond donors (Lipinski definition) is 2. The number of halogens is 2. The van der Waals surface area contributed by atoms with Crippen molar-refractivity contribution in [3.63, 3.8) is 0 Å². The van der Waals surface area contributed by atoms with Crippen LogP contribution in [0.4, 0.5) is 4.39 Å². The molecule has 15 heavy (non-hydrogen) atoms. The Balaban J connectivity index is 2.99. The third-order valence-electron chi connectivity index (χ3n) is 2.00. The van der Waals surface area contributed by atoms with Crippen molar-refractivity contribution in [2.45, 2.75) is 19.4 Å². The molecule has 0 bridgehead atoms. The third-order valence-corrected chi connectivity index (χ3v) is 2.58. The van der Waals surface area contributed by atoms with Gasteiger partial charge in [0.2, 0.25) is 0 Å². The topological polar surface area (TPSA) is 63.3 Å². The number of hydrogen-bond acceptors (Lipinski definition) is 2. The monoisotopic (exact) mass is 275 g/mol. The molecule has 5 heteroatoms. The smallest absolute Gasteiger partial charge is 0.320 e. The van der Waals surface area contributed by atoms with Crippen molar-refractivity contribution >= 4 is 21.9 Å². The SMILES string of the molecule is Cc1cc(Br)c(F)c(CC(N)C(=O)O)c1.